The molecule has 1 unspecified atom stereocenters. The van der Waals surface area contributed by atoms with Gasteiger partial charge in [0.15, 0.2) is 0 Å². The van der Waals surface area contributed by atoms with Gasteiger partial charge in [-0.05, 0) is 58.2 Å². The fourth-order valence-corrected chi connectivity index (χ4v) is 2.03. The molecule has 0 aromatic rings. The molecule has 14 heavy (non-hydrogen) atoms. The van der Waals surface area contributed by atoms with Crippen molar-refractivity contribution in [2.75, 3.05) is 20.1 Å². The molecule has 1 atom stereocenters. The molecule has 0 saturated heterocycles. The first-order valence-corrected chi connectivity index (χ1v) is 6.24. The van der Waals surface area contributed by atoms with E-state index in [4.69, 9.17) is 0 Å². The summed E-state index contributed by atoms with van der Waals surface area (Å²) < 4.78 is 0. The van der Waals surface area contributed by atoms with E-state index < -0.39 is 0 Å². The maximum atomic E-state index is 3.58. The molecule has 0 amide bonds. The third-order valence-corrected chi connectivity index (χ3v) is 2.99. The van der Waals surface area contributed by atoms with Gasteiger partial charge in [-0.25, -0.2) is 0 Å². The Kier molecular flexibility index (Phi) is 6.20. The van der Waals surface area contributed by atoms with Crippen molar-refractivity contribution in [3.8, 4) is 0 Å². The summed E-state index contributed by atoms with van der Waals surface area (Å²) in [7, 11) is 2.06. The van der Waals surface area contributed by atoms with Gasteiger partial charge < -0.3 is 10.6 Å². The van der Waals surface area contributed by atoms with Crippen molar-refractivity contribution in [1.29, 1.82) is 0 Å². The normalized spacial score (nSPS) is 18.4. The number of rotatable bonds is 9. The Morgan fingerprint density at radius 3 is 2.64 bits per heavy atom. The second-order valence-corrected chi connectivity index (χ2v) is 4.58. The molecule has 1 rings (SSSR count). The SMILES string of the molecule is CCCC(CCCNC1CC1)CNC. The Bertz CT molecular complexity index is 126. The second-order valence-electron chi connectivity index (χ2n) is 4.58. The fourth-order valence-electron chi connectivity index (χ4n) is 2.03. The smallest absolute Gasteiger partial charge is 0.00682 e. The molecule has 0 aromatic heterocycles. The molecule has 1 aliphatic carbocycles. The Morgan fingerprint density at radius 2 is 2.07 bits per heavy atom. The van der Waals surface area contributed by atoms with Gasteiger partial charge in [-0.2, -0.15) is 0 Å². The van der Waals surface area contributed by atoms with Crippen LogP contribution in [0, 0.1) is 5.92 Å². The van der Waals surface area contributed by atoms with Crippen molar-refractivity contribution in [3.63, 3.8) is 0 Å². The predicted molar refractivity (Wildman–Crippen MR) is 62.6 cm³/mol. The Morgan fingerprint density at radius 1 is 1.29 bits per heavy atom. The Labute approximate surface area is 88.8 Å². The van der Waals surface area contributed by atoms with Crippen molar-refractivity contribution in [2.45, 2.75) is 51.5 Å². The molecular formula is C12H26N2. The molecule has 0 spiro atoms. The first kappa shape index (κ1) is 12.0. The molecule has 1 saturated carbocycles. The van der Waals surface area contributed by atoms with Crippen molar-refractivity contribution in [2.24, 2.45) is 5.92 Å². The van der Waals surface area contributed by atoms with E-state index in [2.05, 4.69) is 24.6 Å². The summed E-state index contributed by atoms with van der Waals surface area (Å²) in [6.07, 6.45) is 8.26. The van der Waals surface area contributed by atoms with Crippen LogP contribution in [0.5, 0.6) is 0 Å². The van der Waals surface area contributed by atoms with Gasteiger partial charge in [0.1, 0.15) is 0 Å². The van der Waals surface area contributed by atoms with Crippen LogP contribution < -0.4 is 10.6 Å². The van der Waals surface area contributed by atoms with Crippen LogP contribution in [0.1, 0.15) is 45.4 Å². The molecular weight excluding hydrogens is 172 g/mol. The summed E-state index contributed by atoms with van der Waals surface area (Å²) in [4.78, 5) is 0. The lowest BCUT2D eigenvalue weighted by Gasteiger charge is -2.15. The van der Waals surface area contributed by atoms with E-state index in [1.54, 1.807) is 0 Å². The van der Waals surface area contributed by atoms with Crippen molar-refractivity contribution < 1.29 is 0 Å². The molecule has 0 aromatic carbocycles. The molecule has 1 fully saturated rings. The summed E-state index contributed by atoms with van der Waals surface area (Å²) in [5.41, 5.74) is 0. The van der Waals surface area contributed by atoms with Crippen LogP contribution in [0.4, 0.5) is 0 Å². The van der Waals surface area contributed by atoms with Gasteiger partial charge in [-0.3, -0.25) is 0 Å². The molecule has 0 radical (unpaired) electrons. The van der Waals surface area contributed by atoms with Gasteiger partial charge in [-0.15, -0.1) is 0 Å². The van der Waals surface area contributed by atoms with E-state index in [-0.39, 0.29) is 0 Å². The summed E-state index contributed by atoms with van der Waals surface area (Å²) >= 11 is 0. The van der Waals surface area contributed by atoms with Gasteiger partial charge in [0.05, 0.1) is 0 Å². The zero-order valence-electron chi connectivity index (χ0n) is 9.81. The summed E-state index contributed by atoms with van der Waals surface area (Å²) in [5, 5.41) is 6.87. The van der Waals surface area contributed by atoms with Gasteiger partial charge >= 0.3 is 0 Å². The highest BCUT2D eigenvalue weighted by Gasteiger charge is 2.19. The lowest BCUT2D eigenvalue weighted by molar-refractivity contribution is 0.410. The third-order valence-electron chi connectivity index (χ3n) is 2.99. The monoisotopic (exact) mass is 198 g/mol. The average molecular weight is 198 g/mol. The van der Waals surface area contributed by atoms with E-state index in [0.29, 0.717) is 0 Å². The van der Waals surface area contributed by atoms with Crippen LogP contribution in [0.2, 0.25) is 0 Å². The lowest BCUT2D eigenvalue weighted by atomic mass is 9.98. The first-order chi connectivity index (χ1) is 6.86. The summed E-state index contributed by atoms with van der Waals surface area (Å²) in [6.45, 7) is 4.71. The molecule has 2 nitrogen and oxygen atoms in total. The fraction of sp³-hybridized carbons (Fsp3) is 1.00. The van der Waals surface area contributed by atoms with Crippen LogP contribution in [-0.4, -0.2) is 26.2 Å². The maximum Gasteiger partial charge on any atom is 0.00682 e. The van der Waals surface area contributed by atoms with E-state index in [1.807, 2.05) is 0 Å². The van der Waals surface area contributed by atoms with Crippen LogP contribution >= 0.6 is 0 Å². The second kappa shape index (κ2) is 7.24. The van der Waals surface area contributed by atoms with E-state index >= 15 is 0 Å². The average Bonchev–Trinajstić information content (AvgIpc) is 2.96. The maximum absolute atomic E-state index is 3.58. The van der Waals surface area contributed by atoms with Crippen molar-refractivity contribution in [3.05, 3.63) is 0 Å². The predicted octanol–water partition coefficient (Wildman–Crippen LogP) is 2.15. The minimum atomic E-state index is 0.879. The van der Waals surface area contributed by atoms with E-state index in [1.165, 1.54) is 51.6 Å². The molecule has 2 N–H and O–H groups in total. The van der Waals surface area contributed by atoms with Gasteiger partial charge in [0, 0.05) is 6.04 Å². The number of nitrogens with one attached hydrogen (secondary N) is 2. The summed E-state index contributed by atoms with van der Waals surface area (Å²) in [5.74, 6) is 0.894. The van der Waals surface area contributed by atoms with Gasteiger partial charge in [0.2, 0.25) is 0 Å². The van der Waals surface area contributed by atoms with Crippen molar-refractivity contribution in [1.82, 2.24) is 10.6 Å². The lowest BCUT2D eigenvalue weighted by Crippen LogP contribution is -2.22. The molecule has 0 heterocycles. The molecule has 2 heteroatoms. The number of hydrogen-bond acceptors (Lipinski definition) is 2. The topological polar surface area (TPSA) is 24.1 Å². The Hall–Kier alpha value is -0.0800. The Balaban J connectivity index is 1.93. The molecule has 1 aliphatic rings. The molecule has 84 valence electrons. The minimum Gasteiger partial charge on any atom is -0.319 e. The van der Waals surface area contributed by atoms with Gasteiger partial charge in [-0.1, -0.05) is 13.3 Å². The van der Waals surface area contributed by atoms with Crippen LogP contribution in [0.25, 0.3) is 0 Å². The standard InChI is InChI=1S/C12H26N2/c1-3-5-11(10-13-2)6-4-9-14-12-7-8-12/h11-14H,3-10H2,1-2H3. The van der Waals surface area contributed by atoms with Crippen LogP contribution in [0.15, 0.2) is 0 Å². The zero-order valence-corrected chi connectivity index (χ0v) is 9.81. The highest BCUT2D eigenvalue weighted by Crippen LogP contribution is 2.19. The largest absolute Gasteiger partial charge is 0.319 e. The van der Waals surface area contributed by atoms with E-state index in [0.717, 1.165) is 12.0 Å². The van der Waals surface area contributed by atoms with E-state index in [9.17, 15) is 0 Å². The minimum absolute atomic E-state index is 0.879. The van der Waals surface area contributed by atoms with Crippen LogP contribution in [0.3, 0.4) is 0 Å². The van der Waals surface area contributed by atoms with Crippen molar-refractivity contribution >= 4 is 0 Å². The van der Waals surface area contributed by atoms with Gasteiger partial charge in [0.25, 0.3) is 0 Å². The quantitative estimate of drug-likeness (QED) is 0.555. The first-order valence-electron chi connectivity index (χ1n) is 6.24. The number of hydrogen-bond donors (Lipinski definition) is 2. The molecule has 0 bridgehead atoms. The molecule has 0 aliphatic heterocycles. The zero-order chi connectivity index (χ0) is 10.2. The highest BCUT2D eigenvalue weighted by molar-refractivity contribution is 4.80. The van der Waals surface area contributed by atoms with Crippen LogP contribution in [-0.2, 0) is 0 Å². The highest BCUT2D eigenvalue weighted by atomic mass is 14.9. The third kappa shape index (κ3) is 5.61. The summed E-state index contributed by atoms with van der Waals surface area (Å²) in [6, 6.07) is 0.879.